The Morgan fingerprint density at radius 3 is 2.29 bits per heavy atom. The Balaban J connectivity index is 2.39. The van der Waals surface area contributed by atoms with Gasteiger partial charge in [-0.25, -0.2) is 4.39 Å². The van der Waals surface area contributed by atoms with Gasteiger partial charge in [-0.3, -0.25) is 0 Å². The van der Waals surface area contributed by atoms with Gasteiger partial charge in [-0.15, -0.1) is 0 Å². The smallest absolute Gasteiger partial charge is 0.320 e. The molecular formula is C15H12ClF4N. The Bertz CT molecular complexity index is 667. The number of hydrogen-bond acceptors (Lipinski definition) is 1. The van der Waals surface area contributed by atoms with E-state index < -0.39 is 23.6 Å². The maximum absolute atomic E-state index is 13.4. The minimum Gasteiger partial charge on any atom is -0.320 e. The molecule has 0 aromatic heterocycles. The number of benzene rings is 2. The average Bonchev–Trinajstić information content (AvgIpc) is 2.40. The van der Waals surface area contributed by atoms with Gasteiger partial charge in [0.1, 0.15) is 5.82 Å². The molecule has 0 radical (unpaired) electrons. The molecule has 1 unspecified atom stereocenters. The molecule has 0 heterocycles. The quantitative estimate of drug-likeness (QED) is 0.787. The summed E-state index contributed by atoms with van der Waals surface area (Å²) < 4.78 is 51.3. The van der Waals surface area contributed by atoms with Crippen molar-refractivity contribution in [2.24, 2.45) is 5.73 Å². The number of halogens is 5. The second-order valence-corrected chi connectivity index (χ2v) is 5.13. The summed E-state index contributed by atoms with van der Waals surface area (Å²) in [7, 11) is 0. The third-order valence-electron chi connectivity index (χ3n) is 3.23. The van der Waals surface area contributed by atoms with Crippen molar-refractivity contribution in [3.8, 4) is 0 Å². The summed E-state index contributed by atoms with van der Waals surface area (Å²) in [6, 6.07) is 6.69. The predicted molar refractivity (Wildman–Crippen MR) is 73.6 cm³/mol. The van der Waals surface area contributed by atoms with Crippen LogP contribution in [-0.4, -0.2) is 0 Å². The number of aryl methyl sites for hydroxylation is 1. The molecule has 1 atom stereocenters. The Morgan fingerprint density at radius 2 is 1.76 bits per heavy atom. The molecule has 0 aliphatic rings. The van der Waals surface area contributed by atoms with Crippen LogP contribution in [0.5, 0.6) is 0 Å². The Morgan fingerprint density at radius 1 is 1.10 bits per heavy atom. The van der Waals surface area contributed by atoms with E-state index in [1.165, 1.54) is 25.1 Å². The molecule has 2 rings (SSSR count). The number of alkyl halides is 3. The van der Waals surface area contributed by atoms with E-state index in [0.717, 1.165) is 12.1 Å². The third kappa shape index (κ3) is 3.36. The molecule has 0 spiro atoms. The normalized spacial score (nSPS) is 13.3. The lowest BCUT2D eigenvalue weighted by Gasteiger charge is -2.17. The molecule has 112 valence electrons. The van der Waals surface area contributed by atoms with Gasteiger partial charge in [-0.2, -0.15) is 13.2 Å². The first-order valence-electron chi connectivity index (χ1n) is 6.08. The van der Waals surface area contributed by atoms with Crippen LogP contribution in [-0.2, 0) is 6.18 Å². The topological polar surface area (TPSA) is 26.0 Å². The number of nitrogens with two attached hydrogens (primary N) is 1. The summed E-state index contributed by atoms with van der Waals surface area (Å²) in [6.45, 7) is 1.54. The molecule has 1 nitrogen and oxygen atoms in total. The Labute approximate surface area is 124 Å². The van der Waals surface area contributed by atoms with Crippen molar-refractivity contribution < 1.29 is 17.6 Å². The van der Waals surface area contributed by atoms with Crippen LogP contribution in [0.1, 0.15) is 28.3 Å². The van der Waals surface area contributed by atoms with Crippen molar-refractivity contribution in [2.75, 3.05) is 0 Å². The van der Waals surface area contributed by atoms with Crippen LogP contribution in [0.2, 0.25) is 5.02 Å². The van der Waals surface area contributed by atoms with Crippen molar-refractivity contribution in [3.63, 3.8) is 0 Å². The highest BCUT2D eigenvalue weighted by Gasteiger charge is 2.31. The number of rotatable bonds is 2. The van der Waals surface area contributed by atoms with Gasteiger partial charge in [0.2, 0.25) is 0 Å². The lowest BCUT2D eigenvalue weighted by Crippen LogP contribution is -2.15. The van der Waals surface area contributed by atoms with E-state index in [0.29, 0.717) is 16.7 Å². The first-order valence-corrected chi connectivity index (χ1v) is 6.46. The van der Waals surface area contributed by atoms with Crippen molar-refractivity contribution in [3.05, 3.63) is 69.5 Å². The zero-order valence-electron chi connectivity index (χ0n) is 11.0. The summed E-state index contributed by atoms with van der Waals surface area (Å²) in [5.74, 6) is -0.616. The van der Waals surface area contributed by atoms with E-state index in [2.05, 4.69) is 0 Å². The molecule has 2 aromatic carbocycles. The van der Waals surface area contributed by atoms with E-state index in [1.54, 1.807) is 6.07 Å². The van der Waals surface area contributed by atoms with E-state index in [1.807, 2.05) is 0 Å². The van der Waals surface area contributed by atoms with Gasteiger partial charge in [0.05, 0.1) is 16.6 Å². The molecule has 0 bridgehead atoms. The summed E-state index contributed by atoms with van der Waals surface area (Å²) >= 11 is 5.59. The van der Waals surface area contributed by atoms with Crippen molar-refractivity contribution in [1.82, 2.24) is 0 Å². The largest absolute Gasteiger partial charge is 0.416 e. The van der Waals surface area contributed by atoms with Crippen LogP contribution in [0.15, 0.2) is 36.4 Å². The summed E-state index contributed by atoms with van der Waals surface area (Å²) in [4.78, 5) is 0. The van der Waals surface area contributed by atoms with Crippen LogP contribution >= 0.6 is 11.6 Å². The van der Waals surface area contributed by atoms with Gasteiger partial charge in [0.25, 0.3) is 0 Å². The maximum atomic E-state index is 13.4. The lowest BCUT2D eigenvalue weighted by molar-refractivity contribution is -0.137. The molecule has 0 aliphatic carbocycles. The standard InChI is InChI=1S/C15H12ClF4N/c1-8-6-10(15(18,19)20)3-4-11(8)14(21)9-2-5-12(16)13(17)7-9/h2-7,14H,21H2,1H3. The van der Waals surface area contributed by atoms with Crippen molar-refractivity contribution >= 4 is 11.6 Å². The summed E-state index contributed by atoms with van der Waals surface area (Å²) in [5.41, 5.74) is 6.61. The fourth-order valence-electron chi connectivity index (χ4n) is 2.09. The van der Waals surface area contributed by atoms with Crippen LogP contribution in [0.4, 0.5) is 17.6 Å². The zero-order valence-corrected chi connectivity index (χ0v) is 11.8. The van der Waals surface area contributed by atoms with Crippen LogP contribution < -0.4 is 5.73 Å². The second-order valence-electron chi connectivity index (χ2n) is 4.72. The first kappa shape index (κ1) is 15.8. The van der Waals surface area contributed by atoms with E-state index in [4.69, 9.17) is 17.3 Å². The van der Waals surface area contributed by atoms with Gasteiger partial charge in [-0.05, 0) is 47.9 Å². The molecule has 0 amide bonds. The molecule has 0 fully saturated rings. The third-order valence-corrected chi connectivity index (χ3v) is 3.54. The van der Waals surface area contributed by atoms with E-state index in [-0.39, 0.29) is 5.02 Å². The molecule has 0 saturated carbocycles. The van der Waals surface area contributed by atoms with Gasteiger partial charge >= 0.3 is 6.18 Å². The van der Waals surface area contributed by atoms with Gasteiger partial charge in [0.15, 0.2) is 0 Å². The fourth-order valence-corrected chi connectivity index (χ4v) is 2.20. The van der Waals surface area contributed by atoms with Gasteiger partial charge in [0, 0.05) is 0 Å². The van der Waals surface area contributed by atoms with Crippen LogP contribution in [0.25, 0.3) is 0 Å². The molecule has 0 aliphatic heterocycles. The average molecular weight is 318 g/mol. The minimum absolute atomic E-state index is 0.0323. The zero-order chi connectivity index (χ0) is 15.8. The van der Waals surface area contributed by atoms with E-state index >= 15 is 0 Å². The Hall–Kier alpha value is -1.59. The van der Waals surface area contributed by atoms with Gasteiger partial charge < -0.3 is 5.73 Å². The molecule has 0 saturated heterocycles. The minimum atomic E-state index is -4.40. The van der Waals surface area contributed by atoms with Crippen LogP contribution in [0, 0.1) is 12.7 Å². The molecule has 21 heavy (non-hydrogen) atoms. The molecule has 2 N–H and O–H groups in total. The Kier molecular flexibility index (Phi) is 4.25. The highest BCUT2D eigenvalue weighted by molar-refractivity contribution is 6.30. The second kappa shape index (κ2) is 5.66. The first-order chi connectivity index (χ1) is 9.70. The highest BCUT2D eigenvalue weighted by Crippen LogP contribution is 2.32. The maximum Gasteiger partial charge on any atom is 0.416 e. The molecular weight excluding hydrogens is 306 g/mol. The highest BCUT2D eigenvalue weighted by atomic mass is 35.5. The predicted octanol–water partition coefficient (Wildman–Crippen LogP) is 4.85. The molecule has 2 aromatic rings. The summed E-state index contributed by atoms with van der Waals surface area (Å²) in [5, 5.41) is -0.0323. The van der Waals surface area contributed by atoms with Crippen LogP contribution in [0.3, 0.4) is 0 Å². The van der Waals surface area contributed by atoms with Crippen molar-refractivity contribution in [2.45, 2.75) is 19.1 Å². The summed E-state index contributed by atoms with van der Waals surface area (Å²) in [6.07, 6.45) is -4.40. The lowest BCUT2D eigenvalue weighted by atomic mass is 9.94. The molecule has 6 heteroatoms. The monoisotopic (exact) mass is 317 g/mol. The fraction of sp³-hybridized carbons (Fsp3) is 0.200. The van der Waals surface area contributed by atoms with Crippen molar-refractivity contribution in [1.29, 1.82) is 0 Å². The van der Waals surface area contributed by atoms with E-state index in [9.17, 15) is 17.6 Å². The SMILES string of the molecule is Cc1cc(C(F)(F)F)ccc1C(N)c1ccc(Cl)c(F)c1. The number of hydrogen-bond donors (Lipinski definition) is 1. The van der Waals surface area contributed by atoms with Gasteiger partial charge in [-0.1, -0.05) is 23.7 Å².